The summed E-state index contributed by atoms with van der Waals surface area (Å²) in [6.07, 6.45) is 11.3. The molecule has 29 aliphatic rings. The molecule has 306 valence electrons. The highest BCUT2D eigenvalue weighted by atomic mass is 15.0. The van der Waals surface area contributed by atoms with Crippen molar-refractivity contribution in [1.82, 2.24) is 0 Å². The summed E-state index contributed by atoms with van der Waals surface area (Å²) in [5.74, 6) is 69.7. The van der Waals surface area contributed by atoms with Crippen LogP contribution in [0.15, 0.2) is 0 Å². The van der Waals surface area contributed by atoms with Gasteiger partial charge >= 0.3 is 0 Å². The van der Waals surface area contributed by atoms with Crippen LogP contribution in [0.4, 0.5) is 0 Å². The summed E-state index contributed by atoms with van der Waals surface area (Å²) in [4.78, 5) is 0. The minimum Gasteiger partial charge on any atom is -0.0467 e. The maximum absolute atomic E-state index is 1.89. The summed E-state index contributed by atoms with van der Waals surface area (Å²) >= 11 is 0. The number of hydrogen-bond donors (Lipinski definition) is 0. The van der Waals surface area contributed by atoms with Crippen molar-refractivity contribution in [3.05, 3.63) is 0 Å². The van der Waals surface area contributed by atoms with Crippen LogP contribution in [0.25, 0.3) is 0 Å². The van der Waals surface area contributed by atoms with Crippen LogP contribution in [-0.2, 0) is 0 Å². The predicted octanol–water partition coefficient (Wildman–Crippen LogP) is 8.98. The molecule has 29 fully saturated rings. The first kappa shape index (κ1) is 27.6. The summed E-state index contributed by atoms with van der Waals surface area (Å²) in [6.45, 7) is 0. The van der Waals surface area contributed by atoms with Gasteiger partial charge in [0.2, 0.25) is 0 Å². The molecule has 0 aromatic carbocycles. The van der Waals surface area contributed by atoms with Crippen molar-refractivity contribution in [1.29, 1.82) is 0 Å². The van der Waals surface area contributed by atoms with Gasteiger partial charge in [0.05, 0.1) is 0 Å². The Hall–Kier alpha value is 0. The van der Waals surface area contributed by atoms with E-state index < -0.39 is 0 Å². The molecule has 0 heteroatoms. The van der Waals surface area contributed by atoms with Crippen LogP contribution in [0.5, 0.6) is 0 Å². The molecule has 60 heavy (non-hydrogen) atoms. The topological polar surface area (TPSA) is 0 Å². The Morgan fingerprint density at radius 1 is 0.100 bits per heavy atom. The fraction of sp³-hybridized carbons (Fsp3) is 1.00. The Morgan fingerprint density at radius 2 is 0.250 bits per heavy atom. The van der Waals surface area contributed by atoms with Gasteiger partial charge in [-0.25, -0.2) is 0 Å². The van der Waals surface area contributed by atoms with Gasteiger partial charge in [-0.15, -0.1) is 0 Å². The first-order valence-corrected chi connectivity index (χ1v) is 29.9. The van der Waals surface area contributed by atoms with E-state index in [2.05, 4.69) is 0 Å². The third kappa shape index (κ3) is 1.80. The summed E-state index contributed by atoms with van der Waals surface area (Å²) in [7, 11) is 0. The molecule has 0 N–H and O–H groups in total. The first-order valence-electron chi connectivity index (χ1n) is 29.9. The summed E-state index contributed by atoms with van der Waals surface area (Å²) in [6, 6.07) is 0. The Kier molecular flexibility index (Phi) is 3.23. The summed E-state index contributed by atoms with van der Waals surface area (Å²) in [5, 5.41) is 0. The van der Waals surface area contributed by atoms with Gasteiger partial charge in [-0.3, -0.25) is 0 Å². The van der Waals surface area contributed by atoms with Crippen molar-refractivity contribution in [2.75, 3.05) is 0 Å². The smallest absolute Gasteiger partial charge is 0.0312 e. The van der Waals surface area contributed by atoms with Crippen molar-refractivity contribution < 1.29 is 0 Å². The van der Waals surface area contributed by atoms with Crippen molar-refractivity contribution in [2.45, 2.75) is 38.5 Å². The Balaban J connectivity index is 0.919. The van der Waals surface area contributed by atoms with E-state index >= 15 is 0 Å². The van der Waals surface area contributed by atoms with E-state index in [4.69, 9.17) is 0 Å². The van der Waals surface area contributed by atoms with Crippen LogP contribution in [0.2, 0.25) is 0 Å². The molecule has 0 aromatic heterocycles. The normalized spacial score (nSPS) is 99.6. The molecule has 0 heterocycles. The van der Waals surface area contributed by atoms with E-state index in [-0.39, 0.29) is 0 Å². The fourth-order valence-corrected chi connectivity index (χ4v) is 42.4. The molecule has 10 bridgehead atoms. The molecule has 54 atom stereocenters. The molecule has 29 rings (SSSR count). The SMILES string of the molecule is C1C2CC3C4C1C1C5CC6C7CC8C9C(C5)C5C1C1C4C4C3C3C%10CC%11C2C6C2C7C6C8C7C8C9C9C5C1C1C4C4C3C3C%10C5C%11C2C2C6C7C6C(C52)C3C2C4C1C9C8C62. The Morgan fingerprint density at radius 3 is 0.650 bits per heavy atom. The second kappa shape index (κ2) is 7.03. The van der Waals surface area contributed by atoms with Gasteiger partial charge in [-0.1, -0.05) is 0 Å². The van der Waals surface area contributed by atoms with E-state index in [0.29, 0.717) is 0 Å². The van der Waals surface area contributed by atoms with Crippen LogP contribution >= 0.6 is 0 Å². The molecule has 0 amide bonds. The van der Waals surface area contributed by atoms with Crippen LogP contribution in [-0.4, -0.2) is 0 Å². The van der Waals surface area contributed by atoms with Crippen molar-refractivity contribution in [2.24, 2.45) is 320 Å². The highest BCUT2D eigenvalue weighted by Gasteiger charge is 2.97. The predicted molar refractivity (Wildman–Crippen MR) is 216 cm³/mol. The van der Waals surface area contributed by atoms with E-state index in [1.807, 2.05) is 38.5 Å². The van der Waals surface area contributed by atoms with Crippen LogP contribution in [0, 0.1) is 320 Å². The molecule has 0 spiro atoms. The van der Waals surface area contributed by atoms with Gasteiger partial charge in [0.25, 0.3) is 0 Å². The standard InChI is InChI=1S/C60H66/c1-7-3-13-20-15-5-10-9(1)21-17-8-2-11-18(7)29-25(13)39-42-31(20)43-40-27(15)33-22(10)32(21)37-26-14(17)6-16-24-23-12(4-8)19(11)30-35(23)46-47-36(24)38-28(16)34(26)45-48(37)44(33)51(40)58-54(45)49(38)57-56(47)59(52(42)53(43)60(57)58)55(46)50(39)41(29)30/h7-60H,1-6H2. The molecular weight excluding hydrogens is 721 g/mol. The molecule has 29 saturated carbocycles. The maximum Gasteiger partial charge on any atom is -0.0312 e. The molecule has 0 nitrogen and oxygen atoms in total. The van der Waals surface area contributed by atoms with Gasteiger partial charge in [-0.2, -0.15) is 0 Å². The highest BCUT2D eigenvalue weighted by molar-refractivity contribution is 5.44. The number of hydrogen-bond acceptors (Lipinski definition) is 0. The maximum atomic E-state index is 1.89. The minimum atomic E-state index is 1.22. The van der Waals surface area contributed by atoms with E-state index in [1.54, 1.807) is 0 Å². The Bertz CT molecular complexity index is 2450. The quantitative estimate of drug-likeness (QED) is 0.230. The summed E-state index contributed by atoms with van der Waals surface area (Å²) in [5.41, 5.74) is 0. The second-order valence-electron chi connectivity index (χ2n) is 33.6. The van der Waals surface area contributed by atoms with Crippen molar-refractivity contribution in [3.8, 4) is 0 Å². The van der Waals surface area contributed by atoms with Crippen LogP contribution in [0.1, 0.15) is 38.5 Å². The molecule has 0 aromatic rings. The van der Waals surface area contributed by atoms with E-state index in [9.17, 15) is 0 Å². The molecule has 54 unspecified atom stereocenters. The van der Waals surface area contributed by atoms with E-state index in [0.717, 1.165) is 0 Å². The van der Waals surface area contributed by atoms with E-state index in [1.165, 1.54) is 320 Å². The lowest BCUT2D eigenvalue weighted by atomic mass is 9.38. The summed E-state index contributed by atoms with van der Waals surface area (Å²) < 4.78 is 0. The molecular formula is C60H66. The molecule has 0 aliphatic heterocycles. The van der Waals surface area contributed by atoms with Crippen molar-refractivity contribution >= 4 is 0 Å². The average Bonchev–Trinajstić information content (AvgIpc) is 4.13. The highest BCUT2D eigenvalue weighted by Crippen LogP contribution is 3.01. The van der Waals surface area contributed by atoms with Crippen LogP contribution < -0.4 is 0 Å². The molecule has 0 saturated heterocycles. The molecule has 0 radical (unpaired) electrons. The van der Waals surface area contributed by atoms with Gasteiger partial charge < -0.3 is 0 Å². The average molecular weight is 787 g/mol. The van der Waals surface area contributed by atoms with Gasteiger partial charge in [-0.05, 0) is 358 Å². The first-order chi connectivity index (χ1) is 29.9. The van der Waals surface area contributed by atoms with Crippen molar-refractivity contribution in [3.63, 3.8) is 0 Å². The fourth-order valence-electron chi connectivity index (χ4n) is 42.4. The van der Waals surface area contributed by atoms with Crippen LogP contribution in [0.3, 0.4) is 0 Å². The lowest BCUT2D eigenvalue weighted by molar-refractivity contribution is -0.194. The third-order valence-corrected chi connectivity index (χ3v) is 37.7. The zero-order valence-electron chi connectivity index (χ0n) is 35.4. The second-order valence-corrected chi connectivity index (χ2v) is 33.6. The minimum absolute atomic E-state index is 1.22. The monoisotopic (exact) mass is 787 g/mol. The Labute approximate surface area is 356 Å². The zero-order valence-corrected chi connectivity index (χ0v) is 35.4. The van der Waals surface area contributed by atoms with Gasteiger partial charge in [0, 0.05) is 0 Å². The zero-order chi connectivity index (χ0) is 35.4. The lowest BCUT2D eigenvalue weighted by Gasteiger charge is -2.66. The third-order valence-electron chi connectivity index (χ3n) is 37.7. The lowest BCUT2D eigenvalue weighted by Crippen LogP contribution is -2.62. The molecule has 29 aliphatic carbocycles. The van der Waals surface area contributed by atoms with Gasteiger partial charge in [0.1, 0.15) is 0 Å². The van der Waals surface area contributed by atoms with Gasteiger partial charge in [0.15, 0.2) is 0 Å². The largest absolute Gasteiger partial charge is 0.0467 e. The number of rotatable bonds is 0.